The maximum Gasteiger partial charge on any atom is 0.158 e. The first-order chi connectivity index (χ1) is 15.1. The standard InChI is InChI=1S/C25H26N4OS/c1-16-11-29-12-23(27-25(29)17(2)26-16)24-10-20-4-3-19(9-21(20)15-31-24)18-5-7-28(8-6-18)22-13-30-14-22/h3-5,9-12,22H,6-8,13-15H2,1-2H3. The Labute approximate surface area is 186 Å². The van der Waals surface area contributed by atoms with Gasteiger partial charge in [-0.05, 0) is 48.6 Å². The van der Waals surface area contributed by atoms with Gasteiger partial charge in [0.25, 0.3) is 0 Å². The SMILES string of the molecule is Cc1cn2cc(C3=Cc4ccc(C5=CCN(C6COC6)CC5)cc4CS3)nc2c(C)n1. The first-order valence-corrected chi connectivity index (χ1v) is 11.9. The molecule has 3 aliphatic heterocycles. The Bertz CT molecular complexity index is 1240. The summed E-state index contributed by atoms with van der Waals surface area (Å²) in [7, 11) is 0. The Kier molecular flexibility index (Phi) is 4.74. The molecule has 1 fully saturated rings. The van der Waals surface area contributed by atoms with Gasteiger partial charge in [0.15, 0.2) is 5.65 Å². The van der Waals surface area contributed by atoms with Crippen molar-refractivity contribution in [2.24, 2.45) is 0 Å². The first-order valence-electron chi connectivity index (χ1n) is 11.0. The molecule has 0 unspecified atom stereocenters. The van der Waals surface area contributed by atoms with Crippen LogP contribution in [0.3, 0.4) is 0 Å². The highest BCUT2D eigenvalue weighted by Crippen LogP contribution is 2.39. The second-order valence-corrected chi connectivity index (χ2v) is 9.72. The van der Waals surface area contributed by atoms with Crippen molar-refractivity contribution in [2.45, 2.75) is 32.1 Å². The van der Waals surface area contributed by atoms with Gasteiger partial charge in [-0.1, -0.05) is 24.3 Å². The third-order valence-electron chi connectivity index (χ3n) is 6.54. The number of ether oxygens (including phenoxy) is 1. The molecule has 5 nitrogen and oxygen atoms in total. The smallest absolute Gasteiger partial charge is 0.158 e. The molecule has 0 atom stereocenters. The van der Waals surface area contributed by atoms with Gasteiger partial charge >= 0.3 is 0 Å². The van der Waals surface area contributed by atoms with Crippen molar-refractivity contribution in [1.82, 2.24) is 19.3 Å². The quantitative estimate of drug-likeness (QED) is 0.609. The van der Waals surface area contributed by atoms with E-state index in [1.807, 2.05) is 31.8 Å². The third-order valence-corrected chi connectivity index (χ3v) is 7.63. The maximum absolute atomic E-state index is 5.35. The molecule has 5 heterocycles. The van der Waals surface area contributed by atoms with Gasteiger partial charge in [0, 0.05) is 36.1 Å². The molecule has 2 aromatic heterocycles. The first kappa shape index (κ1) is 19.3. The Hall–Kier alpha value is -2.41. The largest absolute Gasteiger partial charge is 0.378 e. The van der Waals surface area contributed by atoms with Crippen molar-refractivity contribution in [3.05, 3.63) is 70.4 Å². The lowest BCUT2D eigenvalue weighted by molar-refractivity contribution is -0.0612. The molecule has 0 N–H and O–H groups in total. The summed E-state index contributed by atoms with van der Waals surface area (Å²) in [6.07, 6.45) is 10.00. The Balaban J connectivity index is 1.26. The van der Waals surface area contributed by atoms with Crippen LogP contribution < -0.4 is 0 Å². The molecule has 0 bridgehead atoms. The van der Waals surface area contributed by atoms with E-state index < -0.39 is 0 Å². The number of rotatable bonds is 3. The van der Waals surface area contributed by atoms with Gasteiger partial charge in [0.1, 0.15) is 0 Å². The van der Waals surface area contributed by atoms with E-state index in [0.29, 0.717) is 6.04 Å². The van der Waals surface area contributed by atoms with Crippen LogP contribution >= 0.6 is 11.8 Å². The summed E-state index contributed by atoms with van der Waals surface area (Å²) in [4.78, 5) is 13.2. The Morgan fingerprint density at radius 1 is 1.13 bits per heavy atom. The van der Waals surface area contributed by atoms with Crippen LogP contribution in [0, 0.1) is 13.8 Å². The van der Waals surface area contributed by atoms with Crippen LogP contribution in [0.1, 0.15) is 40.2 Å². The van der Waals surface area contributed by atoms with E-state index in [4.69, 9.17) is 9.72 Å². The van der Waals surface area contributed by atoms with E-state index in [-0.39, 0.29) is 0 Å². The molecular weight excluding hydrogens is 404 g/mol. The lowest BCUT2D eigenvalue weighted by Gasteiger charge is -2.38. The minimum absolute atomic E-state index is 0.629. The Morgan fingerprint density at radius 3 is 2.81 bits per heavy atom. The number of aryl methyl sites for hydroxylation is 2. The molecule has 31 heavy (non-hydrogen) atoms. The summed E-state index contributed by atoms with van der Waals surface area (Å²) in [5.41, 5.74) is 9.55. The second-order valence-electron chi connectivity index (χ2n) is 8.70. The van der Waals surface area contributed by atoms with E-state index in [9.17, 15) is 0 Å². The molecule has 0 aliphatic carbocycles. The van der Waals surface area contributed by atoms with Crippen LogP contribution in [-0.2, 0) is 10.5 Å². The zero-order chi connectivity index (χ0) is 20.9. The van der Waals surface area contributed by atoms with Crippen molar-refractivity contribution in [3.63, 3.8) is 0 Å². The van der Waals surface area contributed by atoms with Gasteiger partial charge in [0.2, 0.25) is 0 Å². The average Bonchev–Trinajstić information content (AvgIpc) is 3.17. The predicted octanol–water partition coefficient (Wildman–Crippen LogP) is 4.58. The summed E-state index contributed by atoms with van der Waals surface area (Å²) in [6, 6.07) is 7.59. The van der Waals surface area contributed by atoms with Crippen molar-refractivity contribution in [1.29, 1.82) is 0 Å². The van der Waals surface area contributed by atoms with Gasteiger partial charge in [-0.25, -0.2) is 4.98 Å². The highest BCUT2D eigenvalue weighted by atomic mass is 32.2. The lowest BCUT2D eigenvalue weighted by Crippen LogP contribution is -2.50. The maximum atomic E-state index is 5.35. The van der Waals surface area contributed by atoms with Gasteiger partial charge in [-0.15, -0.1) is 11.8 Å². The highest BCUT2D eigenvalue weighted by Gasteiger charge is 2.27. The van der Waals surface area contributed by atoms with Gasteiger partial charge in [-0.3, -0.25) is 9.88 Å². The lowest BCUT2D eigenvalue weighted by atomic mass is 9.95. The van der Waals surface area contributed by atoms with Crippen LogP contribution in [0.2, 0.25) is 0 Å². The Morgan fingerprint density at radius 2 is 2.03 bits per heavy atom. The zero-order valence-corrected chi connectivity index (χ0v) is 18.8. The fourth-order valence-electron chi connectivity index (χ4n) is 4.69. The van der Waals surface area contributed by atoms with Crippen LogP contribution in [0.4, 0.5) is 0 Å². The number of thioether (sulfide) groups is 1. The van der Waals surface area contributed by atoms with Crippen molar-refractivity contribution in [3.8, 4) is 0 Å². The number of nitrogens with zero attached hydrogens (tertiary/aromatic N) is 4. The second kappa shape index (κ2) is 7.62. The predicted molar refractivity (Wildman–Crippen MR) is 127 cm³/mol. The molecule has 0 spiro atoms. The van der Waals surface area contributed by atoms with Crippen molar-refractivity contribution >= 4 is 34.0 Å². The fourth-order valence-corrected chi connectivity index (χ4v) is 5.71. The van der Waals surface area contributed by atoms with E-state index >= 15 is 0 Å². The summed E-state index contributed by atoms with van der Waals surface area (Å²) in [6.45, 7) is 8.02. The summed E-state index contributed by atoms with van der Waals surface area (Å²) < 4.78 is 7.45. The molecule has 158 valence electrons. The number of hydrogen-bond acceptors (Lipinski definition) is 5. The molecule has 0 amide bonds. The van der Waals surface area contributed by atoms with E-state index in [1.54, 1.807) is 0 Å². The zero-order valence-electron chi connectivity index (χ0n) is 18.0. The molecule has 6 rings (SSSR count). The molecular formula is C25H26N4OS. The van der Waals surface area contributed by atoms with Crippen LogP contribution in [0.15, 0.2) is 36.7 Å². The van der Waals surface area contributed by atoms with Gasteiger partial charge in [0.05, 0.1) is 36.3 Å². The fraction of sp³-hybridized carbons (Fsp3) is 0.360. The normalized spacial score (nSPS) is 19.7. The monoisotopic (exact) mass is 430 g/mol. The number of fused-ring (bicyclic) bond motifs is 2. The number of aromatic nitrogens is 3. The molecule has 0 saturated carbocycles. The summed E-state index contributed by atoms with van der Waals surface area (Å²) in [5.74, 6) is 0.984. The average molecular weight is 431 g/mol. The van der Waals surface area contributed by atoms with E-state index in [2.05, 4.69) is 50.8 Å². The van der Waals surface area contributed by atoms with Gasteiger partial charge < -0.3 is 9.14 Å². The van der Waals surface area contributed by atoms with Crippen LogP contribution in [-0.4, -0.2) is 51.6 Å². The molecule has 6 heteroatoms. The molecule has 3 aromatic rings. The topological polar surface area (TPSA) is 42.7 Å². The van der Waals surface area contributed by atoms with Gasteiger partial charge in [-0.2, -0.15) is 0 Å². The van der Waals surface area contributed by atoms with Crippen molar-refractivity contribution in [2.75, 3.05) is 26.3 Å². The molecule has 0 radical (unpaired) electrons. The number of hydrogen-bond donors (Lipinski definition) is 0. The number of benzene rings is 1. The minimum Gasteiger partial charge on any atom is -0.378 e. The summed E-state index contributed by atoms with van der Waals surface area (Å²) >= 11 is 1.88. The van der Waals surface area contributed by atoms with Crippen LogP contribution in [0.25, 0.3) is 22.2 Å². The summed E-state index contributed by atoms with van der Waals surface area (Å²) in [5, 5.41) is 0. The van der Waals surface area contributed by atoms with Crippen LogP contribution in [0.5, 0.6) is 0 Å². The molecule has 3 aliphatic rings. The highest BCUT2D eigenvalue weighted by molar-refractivity contribution is 8.07. The third kappa shape index (κ3) is 3.53. The molecule has 1 aromatic carbocycles. The van der Waals surface area contributed by atoms with E-state index in [0.717, 1.165) is 61.2 Å². The minimum atomic E-state index is 0.629. The van der Waals surface area contributed by atoms with E-state index in [1.165, 1.54) is 27.2 Å². The van der Waals surface area contributed by atoms with Crippen molar-refractivity contribution < 1.29 is 4.74 Å². The number of imidazole rings is 1. The molecule has 1 saturated heterocycles.